The lowest BCUT2D eigenvalue weighted by Gasteiger charge is -2.02. The molecule has 0 saturated heterocycles. The Morgan fingerprint density at radius 2 is 1.71 bits per heavy atom. The van der Waals surface area contributed by atoms with Crippen molar-refractivity contribution in [3.63, 3.8) is 0 Å². The van der Waals surface area contributed by atoms with Crippen molar-refractivity contribution < 1.29 is 27.5 Å². The van der Waals surface area contributed by atoms with Gasteiger partial charge in [0, 0.05) is 5.56 Å². The summed E-state index contributed by atoms with van der Waals surface area (Å²) in [4.78, 5) is 21.6. The number of benzene rings is 1. The summed E-state index contributed by atoms with van der Waals surface area (Å²) in [5, 5.41) is 8.29. The Bertz CT molecular complexity index is 788. The van der Waals surface area contributed by atoms with Crippen LogP contribution in [0.4, 0.5) is 0 Å². The van der Waals surface area contributed by atoms with E-state index >= 15 is 0 Å². The normalized spacial score (nSPS) is 11.2. The molecule has 1 heterocycles. The first-order valence-electron chi connectivity index (χ1n) is 5.74. The summed E-state index contributed by atoms with van der Waals surface area (Å²) in [6, 6.07) is 7.91. The summed E-state index contributed by atoms with van der Waals surface area (Å²) in [6.07, 6.45) is 0. The Balaban J connectivity index is 2.24. The SMILES string of the molecule is NC(=O)c1ccc(CS(=O)(=O)c2ccc(C(=O)O)o2)cc1. The molecular formula is C13H11NO6S. The van der Waals surface area contributed by atoms with Crippen molar-refractivity contribution in [2.24, 2.45) is 5.73 Å². The molecule has 0 aliphatic carbocycles. The molecule has 21 heavy (non-hydrogen) atoms. The zero-order chi connectivity index (χ0) is 15.6. The van der Waals surface area contributed by atoms with Gasteiger partial charge >= 0.3 is 5.97 Å². The molecule has 1 aromatic heterocycles. The van der Waals surface area contributed by atoms with Crippen molar-refractivity contribution in [1.82, 2.24) is 0 Å². The van der Waals surface area contributed by atoms with Crippen molar-refractivity contribution in [2.45, 2.75) is 10.8 Å². The lowest BCUT2D eigenvalue weighted by Crippen LogP contribution is -2.11. The molecule has 0 saturated carbocycles. The van der Waals surface area contributed by atoms with E-state index in [1.165, 1.54) is 24.3 Å². The van der Waals surface area contributed by atoms with Crippen LogP contribution < -0.4 is 5.73 Å². The minimum Gasteiger partial charge on any atom is -0.475 e. The van der Waals surface area contributed by atoms with Gasteiger partial charge in [0.1, 0.15) is 0 Å². The summed E-state index contributed by atoms with van der Waals surface area (Å²) >= 11 is 0. The standard InChI is InChI=1S/C13H11NO6S/c14-12(15)9-3-1-8(2-4-9)7-21(18,19)11-6-5-10(20-11)13(16)17/h1-6H,7H2,(H2,14,15)(H,16,17). The second-order valence-electron chi connectivity index (χ2n) is 4.24. The van der Waals surface area contributed by atoms with Gasteiger partial charge in [-0.05, 0) is 29.8 Å². The average Bonchev–Trinajstić information content (AvgIpc) is 2.89. The Morgan fingerprint density at radius 3 is 2.19 bits per heavy atom. The minimum absolute atomic E-state index is 0.266. The van der Waals surface area contributed by atoms with Crippen LogP contribution in [0.1, 0.15) is 26.5 Å². The van der Waals surface area contributed by atoms with Crippen LogP contribution in [0.5, 0.6) is 0 Å². The van der Waals surface area contributed by atoms with Crippen molar-refractivity contribution in [3.8, 4) is 0 Å². The molecular weight excluding hydrogens is 298 g/mol. The van der Waals surface area contributed by atoms with Gasteiger partial charge in [-0.3, -0.25) is 4.79 Å². The van der Waals surface area contributed by atoms with Crippen molar-refractivity contribution in [3.05, 3.63) is 53.3 Å². The highest BCUT2D eigenvalue weighted by Gasteiger charge is 2.21. The molecule has 1 aromatic carbocycles. The maximum absolute atomic E-state index is 12.1. The fourth-order valence-corrected chi connectivity index (χ4v) is 2.92. The van der Waals surface area contributed by atoms with Gasteiger partial charge < -0.3 is 15.3 Å². The first-order valence-corrected chi connectivity index (χ1v) is 7.39. The summed E-state index contributed by atoms with van der Waals surface area (Å²) in [5.41, 5.74) is 5.78. The molecule has 0 spiro atoms. The molecule has 2 aromatic rings. The molecule has 0 bridgehead atoms. The lowest BCUT2D eigenvalue weighted by atomic mass is 10.1. The van der Waals surface area contributed by atoms with Gasteiger partial charge in [0.2, 0.25) is 26.6 Å². The largest absolute Gasteiger partial charge is 0.475 e. The van der Waals surface area contributed by atoms with Crippen LogP contribution >= 0.6 is 0 Å². The highest BCUT2D eigenvalue weighted by Crippen LogP contribution is 2.19. The zero-order valence-corrected chi connectivity index (χ0v) is 11.5. The molecule has 0 radical (unpaired) electrons. The molecule has 0 fully saturated rings. The van der Waals surface area contributed by atoms with Gasteiger partial charge in [-0.1, -0.05) is 12.1 Å². The van der Waals surface area contributed by atoms with Crippen molar-refractivity contribution in [1.29, 1.82) is 0 Å². The van der Waals surface area contributed by atoms with E-state index < -0.39 is 32.6 Å². The number of carbonyl (C=O) groups excluding carboxylic acids is 1. The number of carboxylic acid groups (broad SMARTS) is 1. The van der Waals surface area contributed by atoms with Crippen LogP contribution in [-0.4, -0.2) is 25.4 Å². The molecule has 3 N–H and O–H groups in total. The Morgan fingerprint density at radius 1 is 1.10 bits per heavy atom. The second kappa shape index (κ2) is 5.41. The molecule has 0 atom stereocenters. The van der Waals surface area contributed by atoms with Gasteiger partial charge in [-0.15, -0.1) is 0 Å². The quantitative estimate of drug-likeness (QED) is 0.849. The van der Waals surface area contributed by atoms with E-state index in [0.717, 1.165) is 12.1 Å². The number of rotatable bonds is 5. The molecule has 8 heteroatoms. The van der Waals surface area contributed by atoms with E-state index in [9.17, 15) is 18.0 Å². The molecule has 110 valence electrons. The van der Waals surface area contributed by atoms with Gasteiger partial charge in [0.25, 0.3) is 0 Å². The number of nitrogens with two attached hydrogens (primary N) is 1. The number of carbonyl (C=O) groups is 2. The molecule has 7 nitrogen and oxygen atoms in total. The lowest BCUT2D eigenvalue weighted by molar-refractivity contribution is 0.0656. The van der Waals surface area contributed by atoms with Gasteiger partial charge in [0.05, 0.1) is 5.75 Å². The Hall–Kier alpha value is -2.61. The van der Waals surface area contributed by atoms with Gasteiger partial charge in [-0.2, -0.15) is 0 Å². The molecule has 2 rings (SSSR count). The molecule has 0 aliphatic heterocycles. The van der Waals surface area contributed by atoms with Crippen molar-refractivity contribution in [2.75, 3.05) is 0 Å². The first kappa shape index (κ1) is 14.8. The maximum atomic E-state index is 12.1. The average molecular weight is 309 g/mol. The third-order valence-electron chi connectivity index (χ3n) is 2.69. The Kier molecular flexibility index (Phi) is 3.81. The zero-order valence-electron chi connectivity index (χ0n) is 10.6. The monoisotopic (exact) mass is 309 g/mol. The summed E-state index contributed by atoms with van der Waals surface area (Å²) in [5.74, 6) is -2.78. The van der Waals surface area contributed by atoms with E-state index in [2.05, 4.69) is 0 Å². The number of hydrogen-bond donors (Lipinski definition) is 2. The van der Waals surface area contributed by atoms with E-state index in [1.807, 2.05) is 0 Å². The summed E-state index contributed by atoms with van der Waals surface area (Å²) in [7, 11) is -3.81. The number of primary amides is 1. The van der Waals surface area contributed by atoms with Crippen LogP contribution in [0.3, 0.4) is 0 Å². The highest BCUT2D eigenvalue weighted by atomic mass is 32.2. The van der Waals surface area contributed by atoms with Crippen LogP contribution in [-0.2, 0) is 15.6 Å². The number of amides is 1. The topological polar surface area (TPSA) is 128 Å². The third-order valence-corrected chi connectivity index (χ3v) is 4.24. The smallest absolute Gasteiger partial charge is 0.371 e. The van der Waals surface area contributed by atoms with Gasteiger partial charge in [-0.25, -0.2) is 13.2 Å². The number of carboxylic acids is 1. The van der Waals surface area contributed by atoms with Crippen LogP contribution in [0.2, 0.25) is 0 Å². The fourth-order valence-electron chi connectivity index (χ4n) is 1.66. The predicted molar refractivity (Wildman–Crippen MR) is 71.5 cm³/mol. The highest BCUT2D eigenvalue weighted by molar-refractivity contribution is 7.90. The number of aromatic carboxylic acids is 1. The van der Waals surface area contributed by atoms with Crippen LogP contribution in [0.25, 0.3) is 0 Å². The minimum atomic E-state index is -3.81. The second-order valence-corrected chi connectivity index (χ2v) is 6.16. The van der Waals surface area contributed by atoms with E-state index in [0.29, 0.717) is 5.56 Å². The first-order chi connectivity index (χ1) is 9.79. The summed E-state index contributed by atoms with van der Waals surface area (Å²) < 4.78 is 28.9. The third kappa shape index (κ3) is 3.29. The van der Waals surface area contributed by atoms with Gasteiger partial charge in [0.15, 0.2) is 0 Å². The molecule has 1 amide bonds. The van der Waals surface area contributed by atoms with E-state index in [4.69, 9.17) is 15.3 Å². The number of sulfone groups is 1. The maximum Gasteiger partial charge on any atom is 0.371 e. The molecule has 0 unspecified atom stereocenters. The predicted octanol–water partition coefficient (Wildman–Crippen LogP) is 1.05. The van der Waals surface area contributed by atoms with E-state index in [1.54, 1.807) is 0 Å². The van der Waals surface area contributed by atoms with Crippen LogP contribution in [0.15, 0.2) is 45.9 Å². The number of hydrogen-bond acceptors (Lipinski definition) is 5. The van der Waals surface area contributed by atoms with Crippen LogP contribution in [0, 0.1) is 0 Å². The fraction of sp³-hybridized carbons (Fsp3) is 0.0769. The Labute approximate surface area is 119 Å². The molecule has 0 aliphatic rings. The van der Waals surface area contributed by atoms with E-state index in [-0.39, 0.29) is 11.3 Å². The van der Waals surface area contributed by atoms with Crippen molar-refractivity contribution >= 4 is 21.7 Å². The number of furan rings is 1. The summed E-state index contributed by atoms with van der Waals surface area (Å²) in [6.45, 7) is 0.